The Bertz CT molecular complexity index is 3160. The number of hydrogen-bond acceptors (Lipinski definition) is 4. The second kappa shape index (κ2) is 11.2. The van der Waals surface area contributed by atoms with E-state index in [1.54, 1.807) is 0 Å². The molecule has 4 heterocycles. The van der Waals surface area contributed by atoms with Crippen LogP contribution in [0.15, 0.2) is 170 Å². The fourth-order valence-corrected chi connectivity index (χ4v) is 8.03. The molecule has 4 nitrogen and oxygen atoms in total. The van der Waals surface area contributed by atoms with Gasteiger partial charge in [-0.2, -0.15) is 0 Å². The van der Waals surface area contributed by atoms with E-state index in [1.807, 2.05) is 30.7 Å². The lowest BCUT2D eigenvalue weighted by Gasteiger charge is -2.16. The normalized spacial score (nSPS) is 11.8. The minimum Gasteiger partial charge on any atom is -0.264 e. The number of fused-ring (bicyclic) bond motifs is 4. The second-order valence-corrected chi connectivity index (χ2v) is 13.5. The molecule has 52 heavy (non-hydrogen) atoms. The largest absolute Gasteiger partial charge is 0.264 e. The van der Waals surface area contributed by atoms with Crippen molar-refractivity contribution in [1.29, 1.82) is 0 Å². The topological polar surface area (TPSA) is 51.6 Å². The monoisotopic (exact) mass is 660 g/mol. The van der Waals surface area contributed by atoms with Crippen molar-refractivity contribution >= 4 is 65.0 Å². The average Bonchev–Trinajstić information content (AvgIpc) is 3.22. The lowest BCUT2D eigenvalue weighted by molar-refractivity contribution is 1.33. The van der Waals surface area contributed by atoms with E-state index in [1.165, 1.54) is 37.9 Å². The molecule has 11 aromatic rings. The highest BCUT2D eigenvalue weighted by atomic mass is 14.8. The summed E-state index contributed by atoms with van der Waals surface area (Å²) in [5.74, 6) is 0. The van der Waals surface area contributed by atoms with Crippen LogP contribution in [0.2, 0.25) is 0 Å². The highest BCUT2D eigenvalue weighted by molar-refractivity contribution is 6.27. The Morgan fingerprint density at radius 2 is 0.904 bits per heavy atom. The molecular weight excluding hydrogens is 633 g/mol. The first-order chi connectivity index (χ1) is 25.8. The van der Waals surface area contributed by atoms with Crippen molar-refractivity contribution in [2.24, 2.45) is 0 Å². The minimum absolute atomic E-state index is 0.901. The van der Waals surface area contributed by atoms with Crippen LogP contribution >= 0.6 is 0 Å². The van der Waals surface area contributed by atoms with E-state index in [9.17, 15) is 0 Å². The van der Waals surface area contributed by atoms with Crippen LogP contribution < -0.4 is 0 Å². The van der Waals surface area contributed by atoms with E-state index in [0.29, 0.717) is 0 Å². The van der Waals surface area contributed by atoms with Crippen LogP contribution in [0.5, 0.6) is 0 Å². The number of hydrogen-bond donors (Lipinski definition) is 0. The van der Waals surface area contributed by atoms with Gasteiger partial charge in [0.2, 0.25) is 0 Å². The number of pyridine rings is 4. The summed E-state index contributed by atoms with van der Waals surface area (Å²) in [4.78, 5) is 19.7. The predicted molar refractivity (Wildman–Crippen MR) is 216 cm³/mol. The fourth-order valence-electron chi connectivity index (χ4n) is 8.03. The number of nitrogens with zero attached hydrogens (tertiary/aromatic N) is 4. The van der Waals surface area contributed by atoms with Gasteiger partial charge in [-0.25, -0.2) is 9.97 Å². The zero-order valence-electron chi connectivity index (χ0n) is 28.0. The molecule has 4 heteroatoms. The van der Waals surface area contributed by atoms with Gasteiger partial charge in [-0.1, -0.05) is 127 Å². The molecule has 0 saturated heterocycles. The van der Waals surface area contributed by atoms with Crippen LogP contribution in [0.3, 0.4) is 0 Å². The van der Waals surface area contributed by atoms with Gasteiger partial charge in [0.05, 0.1) is 27.9 Å². The van der Waals surface area contributed by atoms with Gasteiger partial charge in [-0.15, -0.1) is 0 Å². The molecule has 0 aliphatic rings. The molecule has 0 atom stereocenters. The minimum atomic E-state index is 0.901. The zero-order valence-corrected chi connectivity index (χ0v) is 28.0. The molecule has 11 rings (SSSR count). The van der Waals surface area contributed by atoms with Crippen molar-refractivity contribution in [2.75, 3.05) is 0 Å². The lowest BCUT2D eigenvalue weighted by Crippen LogP contribution is -1.93. The second-order valence-electron chi connectivity index (χ2n) is 13.5. The zero-order chi connectivity index (χ0) is 34.2. The Hall–Kier alpha value is -7.04. The fraction of sp³-hybridized carbons (Fsp3) is 0. The molecule has 0 N–H and O–H groups in total. The van der Waals surface area contributed by atoms with E-state index in [-0.39, 0.29) is 0 Å². The molecule has 0 fully saturated rings. The van der Waals surface area contributed by atoms with E-state index >= 15 is 0 Å². The van der Waals surface area contributed by atoms with E-state index in [2.05, 4.69) is 149 Å². The first-order valence-corrected chi connectivity index (χ1v) is 17.5. The molecule has 0 aliphatic carbocycles. The average molecular weight is 661 g/mol. The van der Waals surface area contributed by atoms with Crippen molar-refractivity contribution < 1.29 is 0 Å². The molecule has 7 aromatic carbocycles. The summed E-state index contributed by atoms with van der Waals surface area (Å²) in [6.07, 6.45) is 5.62. The Morgan fingerprint density at radius 1 is 0.327 bits per heavy atom. The molecule has 4 aromatic heterocycles. The smallest absolute Gasteiger partial charge is 0.0972 e. The highest BCUT2D eigenvalue weighted by Crippen LogP contribution is 2.42. The van der Waals surface area contributed by atoms with Gasteiger partial charge < -0.3 is 0 Å². The Labute approximate surface area is 299 Å². The summed E-state index contributed by atoms with van der Waals surface area (Å²) in [7, 11) is 0. The molecule has 0 spiro atoms. The summed E-state index contributed by atoms with van der Waals surface area (Å²) in [6, 6.07) is 53.9. The van der Waals surface area contributed by atoms with E-state index in [0.717, 1.165) is 71.9 Å². The van der Waals surface area contributed by atoms with Crippen molar-refractivity contribution in [3.63, 3.8) is 0 Å². The number of aromatic nitrogens is 4. The van der Waals surface area contributed by atoms with Gasteiger partial charge in [0.25, 0.3) is 0 Å². The summed E-state index contributed by atoms with van der Waals surface area (Å²) in [6.45, 7) is 0. The van der Waals surface area contributed by atoms with Crippen molar-refractivity contribution in [1.82, 2.24) is 19.9 Å². The lowest BCUT2D eigenvalue weighted by atomic mass is 9.88. The standard InChI is InChI=1S/C48H28N4/c1-4-33-5-3-27-50-46(33)38(7-1)29-8-10-30(11-9-29)42-24-18-34-12-13-35-19-25-43(52-48(35)47(34)51-42)39-21-15-32-16-22-40-37(36-6-2-26-49-28-36)20-14-31-17-23-41(39)45(32)44(31)40/h1-28H. The van der Waals surface area contributed by atoms with Gasteiger partial charge in [0, 0.05) is 57.0 Å². The first-order valence-electron chi connectivity index (χ1n) is 17.5. The maximum absolute atomic E-state index is 5.36. The van der Waals surface area contributed by atoms with Crippen LogP contribution in [0, 0.1) is 0 Å². The number of benzene rings is 7. The van der Waals surface area contributed by atoms with Crippen molar-refractivity contribution in [2.45, 2.75) is 0 Å². The van der Waals surface area contributed by atoms with Gasteiger partial charge >= 0.3 is 0 Å². The van der Waals surface area contributed by atoms with Gasteiger partial charge in [-0.05, 0) is 67.7 Å². The number of rotatable bonds is 4. The predicted octanol–water partition coefficient (Wildman–Crippen LogP) is 12.3. The highest BCUT2D eigenvalue weighted by Gasteiger charge is 2.16. The Balaban J connectivity index is 1.04. The van der Waals surface area contributed by atoms with Crippen molar-refractivity contribution in [3.8, 4) is 44.8 Å². The Kier molecular flexibility index (Phi) is 6.22. The quantitative estimate of drug-likeness (QED) is 0.176. The van der Waals surface area contributed by atoms with Crippen LogP contribution in [-0.4, -0.2) is 19.9 Å². The molecule has 0 unspecified atom stereocenters. The van der Waals surface area contributed by atoms with Gasteiger partial charge in [0.1, 0.15) is 0 Å². The molecule has 0 saturated carbocycles. The van der Waals surface area contributed by atoms with E-state index < -0.39 is 0 Å². The van der Waals surface area contributed by atoms with Crippen LogP contribution in [0.4, 0.5) is 0 Å². The maximum Gasteiger partial charge on any atom is 0.0972 e. The van der Waals surface area contributed by atoms with Gasteiger partial charge in [-0.3, -0.25) is 9.97 Å². The Morgan fingerprint density at radius 3 is 1.65 bits per heavy atom. The summed E-state index contributed by atoms with van der Waals surface area (Å²) < 4.78 is 0. The third kappa shape index (κ3) is 4.41. The SMILES string of the molecule is c1cncc(-c2ccc3ccc4c(-c5ccc6ccc7ccc(-c8ccc(-c9cccc%10cccnc9%10)cc8)nc7c6n5)ccc5ccc2c3c54)c1. The molecule has 0 bridgehead atoms. The summed E-state index contributed by atoms with van der Waals surface area (Å²) >= 11 is 0. The molecule has 0 radical (unpaired) electrons. The summed E-state index contributed by atoms with van der Waals surface area (Å²) in [5.41, 5.74) is 11.4. The van der Waals surface area contributed by atoms with Crippen LogP contribution in [0.25, 0.3) is 110 Å². The molecular formula is C48H28N4. The van der Waals surface area contributed by atoms with Gasteiger partial charge in [0.15, 0.2) is 0 Å². The third-order valence-corrected chi connectivity index (χ3v) is 10.6. The number of para-hydroxylation sites is 1. The molecule has 240 valence electrons. The maximum atomic E-state index is 5.36. The van der Waals surface area contributed by atoms with Crippen LogP contribution in [0.1, 0.15) is 0 Å². The molecule has 0 aliphatic heterocycles. The summed E-state index contributed by atoms with van der Waals surface area (Å²) in [5, 5.41) is 10.7. The van der Waals surface area contributed by atoms with Crippen molar-refractivity contribution in [3.05, 3.63) is 170 Å². The van der Waals surface area contributed by atoms with Crippen LogP contribution in [-0.2, 0) is 0 Å². The third-order valence-electron chi connectivity index (χ3n) is 10.6. The molecule has 0 amide bonds. The first kappa shape index (κ1) is 28.8. The van der Waals surface area contributed by atoms with E-state index in [4.69, 9.17) is 9.97 Å².